The second kappa shape index (κ2) is 8.46. The van der Waals surface area contributed by atoms with E-state index in [4.69, 9.17) is 16.6 Å². The van der Waals surface area contributed by atoms with Gasteiger partial charge in [-0.25, -0.2) is 4.79 Å². The second-order valence-electron chi connectivity index (χ2n) is 4.24. The molecule has 0 aliphatic carbocycles. The second-order valence-corrected chi connectivity index (χ2v) is 4.24. The summed E-state index contributed by atoms with van der Waals surface area (Å²) in [5, 5.41) is 11.3. The van der Waals surface area contributed by atoms with Crippen molar-refractivity contribution in [2.75, 3.05) is 6.54 Å². The molecular formula is C11H21N3O4. The average molecular weight is 259 g/mol. The number of amides is 2. The van der Waals surface area contributed by atoms with E-state index in [2.05, 4.69) is 5.32 Å². The fraction of sp³-hybridized carbons (Fsp3) is 0.727. The van der Waals surface area contributed by atoms with E-state index in [0.29, 0.717) is 19.4 Å². The maximum Gasteiger partial charge on any atom is 0.326 e. The van der Waals surface area contributed by atoms with Crippen molar-refractivity contribution >= 4 is 17.8 Å². The summed E-state index contributed by atoms with van der Waals surface area (Å²) in [4.78, 5) is 33.2. The molecule has 0 saturated heterocycles. The van der Waals surface area contributed by atoms with Gasteiger partial charge in [0.25, 0.3) is 0 Å². The first-order valence-corrected chi connectivity index (χ1v) is 5.90. The minimum absolute atomic E-state index is 0.0000154. The maximum absolute atomic E-state index is 11.7. The number of hydrogen-bond donors (Lipinski definition) is 4. The average Bonchev–Trinajstić information content (AvgIpc) is 2.30. The molecule has 1 unspecified atom stereocenters. The molecule has 0 aromatic carbocycles. The Morgan fingerprint density at radius 3 is 2.33 bits per heavy atom. The van der Waals surface area contributed by atoms with Crippen molar-refractivity contribution in [3.05, 3.63) is 0 Å². The lowest BCUT2D eigenvalue weighted by Crippen LogP contribution is -2.43. The lowest BCUT2D eigenvalue weighted by Gasteiger charge is -2.17. The van der Waals surface area contributed by atoms with Crippen LogP contribution < -0.4 is 16.8 Å². The van der Waals surface area contributed by atoms with E-state index in [-0.39, 0.29) is 24.7 Å². The van der Waals surface area contributed by atoms with Gasteiger partial charge in [-0.1, -0.05) is 6.92 Å². The first-order valence-electron chi connectivity index (χ1n) is 5.90. The summed E-state index contributed by atoms with van der Waals surface area (Å²) in [6.07, 6.45) is 1.23. The van der Waals surface area contributed by atoms with Crippen LogP contribution in [0.4, 0.5) is 0 Å². The Bertz CT molecular complexity index is 307. The van der Waals surface area contributed by atoms with Crippen molar-refractivity contribution in [1.29, 1.82) is 0 Å². The molecule has 2 amide bonds. The highest BCUT2D eigenvalue weighted by Gasteiger charge is 2.22. The van der Waals surface area contributed by atoms with Crippen LogP contribution in [0.2, 0.25) is 0 Å². The maximum atomic E-state index is 11.7. The van der Waals surface area contributed by atoms with Crippen LogP contribution in [-0.4, -0.2) is 35.5 Å². The summed E-state index contributed by atoms with van der Waals surface area (Å²) in [6.45, 7) is 2.19. The number of primary amides is 1. The molecule has 0 radical (unpaired) electrons. The van der Waals surface area contributed by atoms with Gasteiger partial charge in [-0.15, -0.1) is 0 Å². The fourth-order valence-corrected chi connectivity index (χ4v) is 1.41. The third-order valence-electron chi connectivity index (χ3n) is 2.58. The monoisotopic (exact) mass is 259 g/mol. The first kappa shape index (κ1) is 16.4. The molecule has 0 aliphatic heterocycles. The molecule has 7 nitrogen and oxygen atoms in total. The molecule has 0 fully saturated rings. The third-order valence-corrected chi connectivity index (χ3v) is 2.58. The van der Waals surface area contributed by atoms with Gasteiger partial charge in [0.05, 0.1) is 0 Å². The van der Waals surface area contributed by atoms with E-state index >= 15 is 0 Å². The Morgan fingerprint density at radius 2 is 1.89 bits per heavy atom. The van der Waals surface area contributed by atoms with Crippen molar-refractivity contribution < 1.29 is 19.5 Å². The number of carbonyl (C=O) groups is 3. The normalized spacial score (nSPS) is 13.7. The van der Waals surface area contributed by atoms with Gasteiger partial charge < -0.3 is 21.9 Å². The largest absolute Gasteiger partial charge is 0.480 e. The highest BCUT2D eigenvalue weighted by Crippen LogP contribution is 2.06. The predicted molar refractivity (Wildman–Crippen MR) is 65.4 cm³/mol. The van der Waals surface area contributed by atoms with Crippen LogP contribution in [0.1, 0.15) is 32.6 Å². The van der Waals surface area contributed by atoms with E-state index in [1.165, 1.54) is 0 Å². The number of carboxylic acid groups (broad SMARTS) is 1. The molecule has 0 spiro atoms. The SMILES string of the molecule is CC(CCCN)C(=O)N[C@@H](CCC(N)=O)C(=O)O. The van der Waals surface area contributed by atoms with E-state index in [1.54, 1.807) is 6.92 Å². The molecule has 2 atom stereocenters. The molecule has 0 aliphatic rings. The van der Waals surface area contributed by atoms with Gasteiger partial charge in [-0.3, -0.25) is 9.59 Å². The molecule has 0 saturated carbocycles. The van der Waals surface area contributed by atoms with Crippen molar-refractivity contribution in [3.8, 4) is 0 Å². The van der Waals surface area contributed by atoms with Gasteiger partial charge in [0.2, 0.25) is 11.8 Å². The molecule has 0 aromatic rings. The summed E-state index contributed by atoms with van der Waals surface area (Å²) >= 11 is 0. The Kier molecular flexibility index (Phi) is 7.69. The molecule has 0 bridgehead atoms. The Morgan fingerprint density at radius 1 is 1.28 bits per heavy atom. The Balaban J connectivity index is 4.26. The number of nitrogens with two attached hydrogens (primary N) is 2. The number of aliphatic carboxylic acids is 1. The number of carbonyl (C=O) groups excluding carboxylic acids is 2. The lowest BCUT2D eigenvalue weighted by atomic mass is 10.0. The van der Waals surface area contributed by atoms with E-state index in [9.17, 15) is 14.4 Å². The summed E-state index contributed by atoms with van der Waals surface area (Å²) in [6, 6.07) is -1.08. The topological polar surface area (TPSA) is 136 Å². The summed E-state index contributed by atoms with van der Waals surface area (Å²) in [5.74, 6) is -2.41. The van der Waals surface area contributed by atoms with Crippen molar-refractivity contribution in [1.82, 2.24) is 5.32 Å². The van der Waals surface area contributed by atoms with E-state index < -0.39 is 17.9 Å². The summed E-state index contributed by atoms with van der Waals surface area (Å²) < 4.78 is 0. The molecule has 0 aromatic heterocycles. The zero-order valence-electron chi connectivity index (χ0n) is 10.5. The molecule has 104 valence electrons. The summed E-state index contributed by atoms with van der Waals surface area (Å²) in [7, 11) is 0. The van der Waals surface area contributed by atoms with Crippen LogP contribution in [0.5, 0.6) is 0 Å². The van der Waals surface area contributed by atoms with Gasteiger partial charge in [0.15, 0.2) is 0 Å². The zero-order chi connectivity index (χ0) is 14.1. The van der Waals surface area contributed by atoms with Gasteiger partial charge in [0, 0.05) is 12.3 Å². The van der Waals surface area contributed by atoms with Gasteiger partial charge in [0.1, 0.15) is 6.04 Å². The van der Waals surface area contributed by atoms with Crippen LogP contribution in [0.15, 0.2) is 0 Å². The van der Waals surface area contributed by atoms with Gasteiger partial charge in [-0.05, 0) is 25.8 Å². The summed E-state index contributed by atoms with van der Waals surface area (Å²) in [5.41, 5.74) is 10.3. The van der Waals surface area contributed by atoms with Gasteiger partial charge >= 0.3 is 5.97 Å². The zero-order valence-corrected chi connectivity index (χ0v) is 10.5. The predicted octanol–water partition coefficient (Wildman–Crippen LogP) is -0.804. The number of rotatable bonds is 9. The van der Waals surface area contributed by atoms with Crippen LogP contribution in [0.25, 0.3) is 0 Å². The molecule has 7 heteroatoms. The van der Waals surface area contributed by atoms with Gasteiger partial charge in [-0.2, -0.15) is 0 Å². The molecule has 0 heterocycles. The van der Waals surface area contributed by atoms with Crippen molar-refractivity contribution in [2.45, 2.75) is 38.6 Å². The standard InChI is InChI=1S/C11H21N3O4/c1-7(3-2-6-12)10(16)14-8(11(17)18)4-5-9(13)15/h7-8H,2-6,12H2,1H3,(H2,13,15)(H,14,16)(H,17,18)/t7?,8-/m0/s1. The highest BCUT2D eigenvalue weighted by atomic mass is 16.4. The Hall–Kier alpha value is -1.63. The smallest absolute Gasteiger partial charge is 0.326 e. The minimum Gasteiger partial charge on any atom is -0.480 e. The number of carboxylic acids is 1. The van der Waals surface area contributed by atoms with Crippen LogP contribution >= 0.6 is 0 Å². The van der Waals surface area contributed by atoms with E-state index in [1.807, 2.05) is 0 Å². The van der Waals surface area contributed by atoms with Crippen molar-refractivity contribution in [3.63, 3.8) is 0 Å². The quantitative estimate of drug-likeness (QED) is 0.429. The Labute approximate surface area is 106 Å². The molecule has 18 heavy (non-hydrogen) atoms. The van der Waals surface area contributed by atoms with Crippen LogP contribution in [-0.2, 0) is 14.4 Å². The molecular weight excluding hydrogens is 238 g/mol. The first-order chi connectivity index (χ1) is 8.38. The fourth-order valence-electron chi connectivity index (χ4n) is 1.41. The number of nitrogens with one attached hydrogen (secondary N) is 1. The van der Waals surface area contributed by atoms with E-state index in [0.717, 1.165) is 0 Å². The molecule has 0 rings (SSSR count). The van der Waals surface area contributed by atoms with Crippen LogP contribution in [0.3, 0.4) is 0 Å². The minimum atomic E-state index is -1.17. The lowest BCUT2D eigenvalue weighted by molar-refractivity contribution is -0.142. The van der Waals surface area contributed by atoms with Crippen LogP contribution in [0, 0.1) is 5.92 Å². The third kappa shape index (κ3) is 6.85. The number of hydrogen-bond acceptors (Lipinski definition) is 4. The van der Waals surface area contributed by atoms with Crippen molar-refractivity contribution in [2.24, 2.45) is 17.4 Å². The molecule has 6 N–H and O–H groups in total. The highest BCUT2D eigenvalue weighted by molar-refractivity contribution is 5.85.